The largest absolute Gasteiger partial charge is 0.497 e. The topological polar surface area (TPSA) is 81.4 Å². The van der Waals surface area contributed by atoms with Crippen molar-refractivity contribution in [3.05, 3.63) is 23.8 Å². The first-order chi connectivity index (χ1) is 6.42. The van der Waals surface area contributed by atoms with E-state index in [2.05, 4.69) is 4.72 Å². The van der Waals surface area contributed by atoms with Crippen LogP contribution in [0.4, 0.5) is 5.69 Å². The van der Waals surface area contributed by atoms with E-state index in [0.29, 0.717) is 11.4 Å². The molecule has 0 atom stereocenters. The highest BCUT2D eigenvalue weighted by Gasteiger charge is 2.05. The summed E-state index contributed by atoms with van der Waals surface area (Å²) in [5.41, 5.74) is 1.20. The molecule has 0 aromatic heterocycles. The molecule has 3 N–H and O–H groups in total. The lowest BCUT2D eigenvalue weighted by Gasteiger charge is -2.08. The molecule has 0 aliphatic heterocycles. The van der Waals surface area contributed by atoms with Crippen molar-refractivity contribution in [3.63, 3.8) is 0 Å². The molecule has 0 amide bonds. The fourth-order valence-electron chi connectivity index (χ4n) is 1.03. The molecule has 1 aromatic carbocycles. The third-order valence-electron chi connectivity index (χ3n) is 1.69. The average Bonchev–Trinajstić information content (AvgIpc) is 2.06. The lowest BCUT2D eigenvalue weighted by Crippen LogP contribution is -2.22. The molecule has 5 nitrogen and oxygen atoms in total. The van der Waals surface area contributed by atoms with Gasteiger partial charge in [-0.05, 0) is 30.7 Å². The van der Waals surface area contributed by atoms with Crippen molar-refractivity contribution in [2.75, 3.05) is 11.8 Å². The van der Waals surface area contributed by atoms with E-state index >= 15 is 0 Å². The number of nitrogens with two attached hydrogens (primary N) is 1. The zero-order chi connectivity index (χ0) is 10.8. The normalized spacial score (nSPS) is 11.1. The van der Waals surface area contributed by atoms with Crippen LogP contribution in [0.5, 0.6) is 5.75 Å². The van der Waals surface area contributed by atoms with Crippen LogP contribution >= 0.6 is 0 Å². The number of aryl methyl sites for hydroxylation is 1. The first-order valence-corrected chi connectivity index (χ1v) is 5.42. The van der Waals surface area contributed by atoms with Gasteiger partial charge >= 0.3 is 0 Å². The van der Waals surface area contributed by atoms with Gasteiger partial charge in [0.2, 0.25) is 0 Å². The predicted molar refractivity (Wildman–Crippen MR) is 54.5 cm³/mol. The Morgan fingerprint density at radius 1 is 1.43 bits per heavy atom. The van der Waals surface area contributed by atoms with Gasteiger partial charge in [-0.1, -0.05) is 0 Å². The fraction of sp³-hybridized carbons (Fsp3) is 0.250. The van der Waals surface area contributed by atoms with E-state index in [4.69, 9.17) is 9.88 Å². The summed E-state index contributed by atoms with van der Waals surface area (Å²) in [5.74, 6) is 0.669. The molecule has 6 heteroatoms. The SMILES string of the molecule is COc1ccc(NS(N)(=O)=O)c(C)c1. The second-order valence-corrected chi connectivity index (χ2v) is 4.12. The molecule has 0 unspecified atom stereocenters. The quantitative estimate of drug-likeness (QED) is 0.777. The molecule has 1 rings (SSSR count). The van der Waals surface area contributed by atoms with Crippen molar-refractivity contribution < 1.29 is 13.2 Å². The van der Waals surface area contributed by atoms with E-state index < -0.39 is 10.2 Å². The Hall–Kier alpha value is -1.27. The van der Waals surface area contributed by atoms with Crippen LogP contribution in [0.3, 0.4) is 0 Å². The number of methoxy groups -OCH3 is 1. The summed E-state index contributed by atoms with van der Waals surface area (Å²) >= 11 is 0. The molecule has 0 saturated carbocycles. The average molecular weight is 216 g/mol. The smallest absolute Gasteiger partial charge is 0.296 e. The molecule has 1 aromatic rings. The number of benzene rings is 1. The van der Waals surface area contributed by atoms with Gasteiger partial charge in [-0.25, -0.2) is 5.14 Å². The summed E-state index contributed by atoms with van der Waals surface area (Å²) < 4.78 is 28.7. The van der Waals surface area contributed by atoms with Gasteiger partial charge in [0.15, 0.2) is 0 Å². The number of anilines is 1. The van der Waals surface area contributed by atoms with Crippen molar-refractivity contribution in [3.8, 4) is 5.75 Å². The predicted octanol–water partition coefficient (Wildman–Crippen LogP) is 0.619. The van der Waals surface area contributed by atoms with Gasteiger partial charge in [-0.3, -0.25) is 4.72 Å². The van der Waals surface area contributed by atoms with Crippen LogP contribution in [-0.2, 0) is 10.2 Å². The fourth-order valence-corrected chi connectivity index (χ4v) is 1.57. The molecule has 14 heavy (non-hydrogen) atoms. The van der Waals surface area contributed by atoms with Crippen molar-refractivity contribution in [1.82, 2.24) is 0 Å². The summed E-state index contributed by atoms with van der Waals surface area (Å²) in [6.07, 6.45) is 0. The molecule has 0 aliphatic carbocycles. The molecular formula is C8H12N2O3S. The third kappa shape index (κ3) is 2.90. The number of nitrogens with one attached hydrogen (secondary N) is 1. The van der Waals surface area contributed by atoms with Crippen LogP contribution in [0.15, 0.2) is 18.2 Å². The van der Waals surface area contributed by atoms with Crippen molar-refractivity contribution in [2.45, 2.75) is 6.92 Å². The van der Waals surface area contributed by atoms with Gasteiger partial charge in [0.05, 0.1) is 12.8 Å². The lowest BCUT2D eigenvalue weighted by atomic mass is 10.2. The van der Waals surface area contributed by atoms with Gasteiger partial charge < -0.3 is 4.74 Å². The maximum absolute atomic E-state index is 10.7. The van der Waals surface area contributed by atoms with Crippen molar-refractivity contribution >= 4 is 15.9 Å². The number of ether oxygens (including phenoxy) is 1. The van der Waals surface area contributed by atoms with Crippen molar-refractivity contribution in [1.29, 1.82) is 0 Å². The molecule has 0 fully saturated rings. The first kappa shape index (κ1) is 10.8. The van der Waals surface area contributed by atoms with Gasteiger partial charge in [0, 0.05) is 0 Å². The molecule has 0 saturated heterocycles. The van der Waals surface area contributed by atoms with Crippen molar-refractivity contribution in [2.24, 2.45) is 5.14 Å². The minimum Gasteiger partial charge on any atom is -0.497 e. The standard InChI is InChI=1S/C8H12N2O3S/c1-6-5-7(13-2)3-4-8(6)10-14(9,11)12/h3-5,10H,1-2H3,(H2,9,11,12). The Labute approximate surface area is 83.1 Å². The maximum atomic E-state index is 10.7. The van der Waals surface area contributed by atoms with E-state index in [0.717, 1.165) is 5.56 Å². The van der Waals surface area contributed by atoms with Gasteiger partial charge in [0.25, 0.3) is 10.2 Å². The number of rotatable bonds is 3. The van der Waals surface area contributed by atoms with Crippen LogP contribution in [0, 0.1) is 6.92 Å². The summed E-state index contributed by atoms with van der Waals surface area (Å²) in [5, 5.41) is 4.84. The highest BCUT2D eigenvalue weighted by Crippen LogP contribution is 2.21. The Morgan fingerprint density at radius 3 is 2.50 bits per heavy atom. The Kier molecular flexibility index (Phi) is 2.97. The number of hydrogen-bond donors (Lipinski definition) is 2. The second-order valence-electron chi connectivity index (χ2n) is 2.83. The second kappa shape index (κ2) is 3.85. The first-order valence-electron chi connectivity index (χ1n) is 3.87. The van der Waals surface area contributed by atoms with Crippen LogP contribution in [0.25, 0.3) is 0 Å². The zero-order valence-corrected chi connectivity index (χ0v) is 8.76. The Balaban J connectivity index is 3.01. The molecule has 78 valence electrons. The number of hydrogen-bond acceptors (Lipinski definition) is 3. The highest BCUT2D eigenvalue weighted by molar-refractivity contribution is 7.90. The lowest BCUT2D eigenvalue weighted by molar-refractivity contribution is 0.414. The highest BCUT2D eigenvalue weighted by atomic mass is 32.2. The molecule has 0 aliphatic rings. The zero-order valence-electron chi connectivity index (χ0n) is 7.94. The Morgan fingerprint density at radius 2 is 2.07 bits per heavy atom. The third-order valence-corrected chi connectivity index (χ3v) is 2.19. The monoisotopic (exact) mass is 216 g/mol. The van der Waals surface area contributed by atoms with E-state index in [9.17, 15) is 8.42 Å². The van der Waals surface area contributed by atoms with E-state index in [1.165, 1.54) is 0 Å². The summed E-state index contributed by atoms with van der Waals surface area (Å²) in [7, 11) is -2.17. The molecule has 0 radical (unpaired) electrons. The van der Waals surface area contributed by atoms with Gasteiger partial charge in [0.1, 0.15) is 5.75 Å². The van der Waals surface area contributed by atoms with Gasteiger partial charge in [-0.15, -0.1) is 0 Å². The molecule has 0 spiro atoms. The summed E-state index contributed by atoms with van der Waals surface area (Å²) in [6.45, 7) is 1.76. The van der Waals surface area contributed by atoms with Crippen LogP contribution < -0.4 is 14.6 Å². The molecule has 0 bridgehead atoms. The molecule has 0 heterocycles. The maximum Gasteiger partial charge on any atom is 0.296 e. The minimum absolute atomic E-state index is 0.452. The van der Waals surface area contributed by atoms with Gasteiger partial charge in [-0.2, -0.15) is 8.42 Å². The van der Waals surface area contributed by atoms with E-state index in [1.807, 2.05) is 0 Å². The van der Waals surface area contributed by atoms with Crippen LogP contribution in [-0.4, -0.2) is 15.5 Å². The minimum atomic E-state index is -3.71. The molecular weight excluding hydrogens is 204 g/mol. The summed E-state index contributed by atoms with van der Waals surface area (Å²) in [6, 6.07) is 4.96. The van der Waals surface area contributed by atoms with E-state index in [1.54, 1.807) is 32.2 Å². The van der Waals surface area contributed by atoms with Crippen LogP contribution in [0.2, 0.25) is 0 Å². The van der Waals surface area contributed by atoms with Crippen LogP contribution in [0.1, 0.15) is 5.56 Å². The van der Waals surface area contributed by atoms with E-state index in [-0.39, 0.29) is 0 Å². The Bertz CT molecular complexity index is 428. The summed E-state index contributed by atoms with van der Waals surface area (Å²) in [4.78, 5) is 0.